The standard InChI is InChI=1S/C15H14N6O2/c1-22-10-21-9-20-14-13(18-8-19-15(14)21)11(5-16)6-17-7-12-3-2-4-23-12/h2-4,6,8-9,17H,7,10H2,1H3/b11-6+. The summed E-state index contributed by atoms with van der Waals surface area (Å²) in [6.45, 7) is 0.805. The molecule has 0 spiro atoms. The summed E-state index contributed by atoms with van der Waals surface area (Å²) in [5.74, 6) is 0.774. The highest BCUT2D eigenvalue weighted by Gasteiger charge is 2.13. The lowest BCUT2D eigenvalue weighted by atomic mass is 10.2. The number of methoxy groups -OCH3 is 1. The van der Waals surface area contributed by atoms with Crippen molar-refractivity contribution < 1.29 is 9.15 Å². The maximum atomic E-state index is 9.40. The van der Waals surface area contributed by atoms with Gasteiger partial charge in [0.25, 0.3) is 0 Å². The number of hydrogen-bond donors (Lipinski definition) is 1. The summed E-state index contributed by atoms with van der Waals surface area (Å²) in [5.41, 5.74) is 2.01. The zero-order chi connectivity index (χ0) is 16.1. The lowest BCUT2D eigenvalue weighted by molar-refractivity contribution is 0.134. The van der Waals surface area contributed by atoms with E-state index in [1.165, 1.54) is 6.33 Å². The fourth-order valence-corrected chi connectivity index (χ4v) is 2.13. The Kier molecular flexibility index (Phi) is 4.31. The van der Waals surface area contributed by atoms with Gasteiger partial charge in [-0.25, -0.2) is 15.0 Å². The third kappa shape index (κ3) is 3.04. The fraction of sp³-hybridized carbons (Fsp3) is 0.200. The lowest BCUT2D eigenvalue weighted by Gasteiger charge is -2.03. The fourth-order valence-electron chi connectivity index (χ4n) is 2.13. The van der Waals surface area contributed by atoms with E-state index in [1.54, 1.807) is 30.5 Å². The largest absolute Gasteiger partial charge is 0.467 e. The summed E-state index contributed by atoms with van der Waals surface area (Å²) in [6.07, 6.45) is 6.21. The van der Waals surface area contributed by atoms with Gasteiger partial charge in [-0.05, 0) is 12.1 Å². The number of hydrogen-bond acceptors (Lipinski definition) is 7. The number of ether oxygens (including phenoxy) is 1. The zero-order valence-electron chi connectivity index (χ0n) is 12.4. The molecule has 0 atom stereocenters. The molecule has 0 unspecified atom stereocenters. The van der Waals surface area contributed by atoms with Crippen LogP contribution in [-0.4, -0.2) is 26.6 Å². The van der Waals surface area contributed by atoms with Crippen LogP contribution >= 0.6 is 0 Å². The van der Waals surface area contributed by atoms with E-state index in [9.17, 15) is 5.26 Å². The summed E-state index contributed by atoms with van der Waals surface area (Å²) >= 11 is 0. The van der Waals surface area contributed by atoms with Crippen molar-refractivity contribution in [2.45, 2.75) is 13.3 Å². The molecule has 0 amide bonds. The molecule has 0 saturated carbocycles. The number of nitrogens with one attached hydrogen (secondary N) is 1. The Balaban J connectivity index is 1.89. The second-order valence-electron chi connectivity index (χ2n) is 4.66. The van der Waals surface area contributed by atoms with Crippen LogP contribution in [-0.2, 0) is 18.0 Å². The molecule has 0 aliphatic rings. The van der Waals surface area contributed by atoms with Gasteiger partial charge in [-0.15, -0.1) is 0 Å². The van der Waals surface area contributed by atoms with Crippen LogP contribution in [0.3, 0.4) is 0 Å². The zero-order valence-corrected chi connectivity index (χ0v) is 12.4. The van der Waals surface area contributed by atoms with Crippen molar-refractivity contribution >= 4 is 16.7 Å². The van der Waals surface area contributed by atoms with Gasteiger partial charge in [0, 0.05) is 13.3 Å². The van der Waals surface area contributed by atoms with Gasteiger partial charge >= 0.3 is 0 Å². The third-order valence-electron chi connectivity index (χ3n) is 3.15. The number of imidazole rings is 1. The summed E-state index contributed by atoms with van der Waals surface area (Å²) in [7, 11) is 1.59. The van der Waals surface area contributed by atoms with E-state index in [1.807, 2.05) is 12.1 Å². The Morgan fingerprint density at radius 1 is 1.48 bits per heavy atom. The van der Waals surface area contributed by atoms with E-state index >= 15 is 0 Å². The molecule has 0 aliphatic carbocycles. The van der Waals surface area contributed by atoms with Crippen LogP contribution in [0, 0.1) is 11.3 Å². The Labute approximate surface area is 132 Å². The molecule has 3 rings (SSSR count). The first-order valence-electron chi connectivity index (χ1n) is 6.84. The third-order valence-corrected chi connectivity index (χ3v) is 3.15. The van der Waals surface area contributed by atoms with Gasteiger partial charge in [0.1, 0.15) is 36.1 Å². The van der Waals surface area contributed by atoms with Crippen molar-refractivity contribution in [3.8, 4) is 6.07 Å². The number of nitrogens with zero attached hydrogens (tertiary/aromatic N) is 5. The Morgan fingerprint density at radius 2 is 2.39 bits per heavy atom. The molecule has 0 bridgehead atoms. The van der Waals surface area contributed by atoms with E-state index < -0.39 is 0 Å². The van der Waals surface area contributed by atoms with Crippen molar-refractivity contribution in [3.63, 3.8) is 0 Å². The van der Waals surface area contributed by atoms with Gasteiger partial charge in [-0.2, -0.15) is 5.26 Å². The van der Waals surface area contributed by atoms with E-state index in [4.69, 9.17) is 9.15 Å². The first kappa shape index (κ1) is 14.7. The predicted molar refractivity (Wildman–Crippen MR) is 81.5 cm³/mol. The molecule has 23 heavy (non-hydrogen) atoms. The van der Waals surface area contributed by atoms with Crippen LogP contribution in [0.5, 0.6) is 0 Å². The van der Waals surface area contributed by atoms with Crippen molar-refractivity contribution in [2.24, 2.45) is 0 Å². The van der Waals surface area contributed by atoms with Crippen LogP contribution < -0.4 is 5.32 Å². The normalized spacial score (nSPS) is 11.6. The summed E-state index contributed by atoms with van der Waals surface area (Å²) in [6, 6.07) is 5.79. The van der Waals surface area contributed by atoms with Crippen molar-refractivity contribution in [1.82, 2.24) is 24.8 Å². The van der Waals surface area contributed by atoms with Crippen molar-refractivity contribution in [1.29, 1.82) is 5.26 Å². The SMILES string of the molecule is COCn1cnc2c(/C(C#N)=C/NCc3ccco3)ncnc21. The van der Waals surface area contributed by atoms with Gasteiger partial charge in [0.2, 0.25) is 0 Å². The van der Waals surface area contributed by atoms with E-state index in [0.717, 1.165) is 5.76 Å². The highest BCUT2D eigenvalue weighted by atomic mass is 16.5. The number of rotatable bonds is 6. The van der Waals surface area contributed by atoms with Gasteiger partial charge in [-0.1, -0.05) is 0 Å². The van der Waals surface area contributed by atoms with Gasteiger partial charge in [0.05, 0.1) is 24.7 Å². The number of nitriles is 1. The molecule has 0 radical (unpaired) electrons. The minimum atomic E-state index is 0.329. The topological polar surface area (TPSA) is 102 Å². The van der Waals surface area contributed by atoms with Crippen LogP contribution in [0.2, 0.25) is 0 Å². The molecule has 8 nitrogen and oxygen atoms in total. The molecule has 3 aromatic rings. The smallest absolute Gasteiger partial charge is 0.165 e. The lowest BCUT2D eigenvalue weighted by Crippen LogP contribution is -2.06. The van der Waals surface area contributed by atoms with E-state index in [0.29, 0.717) is 35.7 Å². The second-order valence-corrected chi connectivity index (χ2v) is 4.66. The first-order chi connectivity index (χ1) is 11.3. The van der Waals surface area contributed by atoms with Crippen LogP contribution in [0.15, 0.2) is 41.7 Å². The minimum Gasteiger partial charge on any atom is -0.467 e. The predicted octanol–water partition coefficient (Wildman–Crippen LogP) is 1.68. The van der Waals surface area contributed by atoms with E-state index in [2.05, 4.69) is 26.3 Å². The maximum absolute atomic E-state index is 9.40. The first-order valence-corrected chi connectivity index (χ1v) is 6.84. The van der Waals surface area contributed by atoms with Gasteiger partial charge in [-0.3, -0.25) is 4.57 Å². The molecule has 1 N–H and O–H groups in total. The summed E-state index contributed by atoms with van der Waals surface area (Å²) < 4.78 is 12.1. The highest BCUT2D eigenvalue weighted by Crippen LogP contribution is 2.19. The molecule has 3 aromatic heterocycles. The Morgan fingerprint density at radius 3 is 3.13 bits per heavy atom. The second kappa shape index (κ2) is 6.72. The van der Waals surface area contributed by atoms with Gasteiger partial charge < -0.3 is 14.5 Å². The average molecular weight is 310 g/mol. The number of furan rings is 1. The molecule has 0 saturated heterocycles. The summed E-state index contributed by atoms with van der Waals surface area (Å²) in [5, 5.41) is 12.4. The summed E-state index contributed by atoms with van der Waals surface area (Å²) in [4.78, 5) is 12.7. The quantitative estimate of drug-likeness (QED) is 0.691. The average Bonchev–Trinajstić information content (AvgIpc) is 3.22. The van der Waals surface area contributed by atoms with E-state index in [-0.39, 0.29) is 0 Å². The minimum absolute atomic E-state index is 0.329. The monoisotopic (exact) mass is 310 g/mol. The molecule has 0 fully saturated rings. The number of allylic oxidation sites excluding steroid dienone is 1. The molecule has 0 aliphatic heterocycles. The number of fused-ring (bicyclic) bond motifs is 1. The number of aromatic nitrogens is 4. The van der Waals surface area contributed by atoms with Crippen molar-refractivity contribution in [3.05, 3.63) is 48.7 Å². The van der Waals surface area contributed by atoms with Gasteiger partial charge in [0.15, 0.2) is 5.65 Å². The molecular formula is C15H14N6O2. The highest BCUT2D eigenvalue weighted by molar-refractivity contribution is 5.89. The van der Waals surface area contributed by atoms with Crippen molar-refractivity contribution in [2.75, 3.05) is 7.11 Å². The van der Waals surface area contributed by atoms with Crippen LogP contribution in [0.25, 0.3) is 16.7 Å². The van der Waals surface area contributed by atoms with Crippen LogP contribution in [0.4, 0.5) is 0 Å². The Hall–Kier alpha value is -3.18. The maximum Gasteiger partial charge on any atom is 0.165 e. The Bertz CT molecular complexity index is 860. The molecular weight excluding hydrogens is 296 g/mol. The van der Waals surface area contributed by atoms with Crippen LogP contribution in [0.1, 0.15) is 11.5 Å². The molecule has 3 heterocycles. The molecule has 116 valence electrons. The molecule has 8 heteroatoms. The molecule has 0 aromatic carbocycles.